The molecule has 5 heteroatoms. The van der Waals surface area contributed by atoms with Crippen molar-refractivity contribution in [2.24, 2.45) is 0 Å². The molecule has 0 saturated carbocycles. The third-order valence-electron chi connectivity index (χ3n) is 4.70. The van der Waals surface area contributed by atoms with Crippen LogP contribution in [-0.2, 0) is 30.0 Å². The Labute approximate surface area is 168 Å². The lowest BCUT2D eigenvalue weighted by Gasteiger charge is -2.28. The van der Waals surface area contributed by atoms with Crippen LogP contribution in [0.2, 0.25) is 0 Å². The van der Waals surface area contributed by atoms with Crippen LogP contribution in [0.15, 0.2) is 18.2 Å². The van der Waals surface area contributed by atoms with Crippen LogP contribution in [-0.4, -0.2) is 29.4 Å². The first-order chi connectivity index (χ1) is 12.7. The monoisotopic (exact) mass is 390 g/mol. The predicted octanol–water partition coefficient (Wildman–Crippen LogP) is 4.75. The molecule has 1 unspecified atom stereocenters. The first kappa shape index (κ1) is 23.9. The van der Waals surface area contributed by atoms with Gasteiger partial charge in [0.25, 0.3) is 0 Å². The number of hydrogen-bond donors (Lipinski definition) is 1. The molecule has 0 aliphatic heterocycles. The zero-order valence-electron chi connectivity index (χ0n) is 18.2. The Kier molecular flexibility index (Phi) is 7.97. The summed E-state index contributed by atoms with van der Waals surface area (Å²) in [6.45, 7) is 14.7. The van der Waals surface area contributed by atoms with Gasteiger partial charge < -0.3 is 9.84 Å². The lowest BCUT2D eigenvalue weighted by Crippen LogP contribution is -2.20. The molecule has 0 heterocycles. The van der Waals surface area contributed by atoms with E-state index in [0.717, 1.165) is 16.7 Å². The topological polar surface area (TPSA) is 80.7 Å². The number of ketones is 1. The van der Waals surface area contributed by atoms with E-state index in [-0.39, 0.29) is 42.0 Å². The number of carboxylic acids is 1. The van der Waals surface area contributed by atoms with E-state index < -0.39 is 18.3 Å². The molecule has 0 aliphatic carbocycles. The first-order valence-electron chi connectivity index (χ1n) is 9.79. The molecule has 1 aromatic carbocycles. The molecular formula is C23H34O5. The summed E-state index contributed by atoms with van der Waals surface area (Å²) >= 11 is 0. The van der Waals surface area contributed by atoms with E-state index >= 15 is 0 Å². The van der Waals surface area contributed by atoms with E-state index in [1.807, 2.05) is 12.1 Å². The molecule has 0 aliphatic rings. The fourth-order valence-electron chi connectivity index (χ4n) is 3.00. The van der Waals surface area contributed by atoms with Gasteiger partial charge in [-0.25, -0.2) is 0 Å². The van der Waals surface area contributed by atoms with Crippen molar-refractivity contribution in [3.05, 3.63) is 34.9 Å². The molecule has 0 saturated heterocycles. The van der Waals surface area contributed by atoms with Crippen LogP contribution in [0.1, 0.15) is 90.3 Å². The van der Waals surface area contributed by atoms with Crippen LogP contribution in [0, 0.1) is 0 Å². The maximum Gasteiger partial charge on any atom is 0.310 e. The van der Waals surface area contributed by atoms with Crippen molar-refractivity contribution in [2.45, 2.75) is 84.5 Å². The minimum absolute atomic E-state index is 0.00228. The maximum absolute atomic E-state index is 12.2. The third kappa shape index (κ3) is 7.45. The van der Waals surface area contributed by atoms with Crippen LogP contribution < -0.4 is 0 Å². The van der Waals surface area contributed by atoms with Gasteiger partial charge in [0.15, 0.2) is 0 Å². The van der Waals surface area contributed by atoms with Gasteiger partial charge in [-0.15, -0.1) is 0 Å². The first-order valence-corrected chi connectivity index (χ1v) is 9.79. The average molecular weight is 391 g/mol. The van der Waals surface area contributed by atoms with E-state index in [0.29, 0.717) is 0 Å². The van der Waals surface area contributed by atoms with E-state index in [1.54, 1.807) is 6.92 Å². The summed E-state index contributed by atoms with van der Waals surface area (Å²) in [5.41, 5.74) is 2.92. The lowest BCUT2D eigenvalue weighted by molar-refractivity contribution is -0.143. The molecule has 0 bridgehead atoms. The molecule has 0 aromatic heterocycles. The minimum Gasteiger partial charge on any atom is -0.481 e. The van der Waals surface area contributed by atoms with E-state index in [9.17, 15) is 14.4 Å². The molecule has 0 radical (unpaired) electrons. The number of aliphatic carboxylic acids is 1. The second-order valence-electron chi connectivity index (χ2n) is 9.36. The Morgan fingerprint density at radius 1 is 0.929 bits per heavy atom. The largest absolute Gasteiger partial charge is 0.481 e. The number of ether oxygens (including phenoxy) is 1. The van der Waals surface area contributed by atoms with E-state index in [1.165, 1.54) is 0 Å². The van der Waals surface area contributed by atoms with Crippen LogP contribution >= 0.6 is 0 Å². The summed E-state index contributed by atoms with van der Waals surface area (Å²) < 4.78 is 5.08. The van der Waals surface area contributed by atoms with Crippen molar-refractivity contribution >= 4 is 17.7 Å². The lowest BCUT2D eigenvalue weighted by atomic mass is 9.77. The molecule has 1 rings (SSSR count). The molecule has 5 nitrogen and oxygen atoms in total. The van der Waals surface area contributed by atoms with Crippen molar-refractivity contribution in [1.29, 1.82) is 0 Å². The second kappa shape index (κ2) is 9.35. The Morgan fingerprint density at radius 3 is 1.82 bits per heavy atom. The number of carbonyl (C=O) groups excluding carboxylic acids is 2. The van der Waals surface area contributed by atoms with Crippen molar-refractivity contribution < 1.29 is 24.2 Å². The summed E-state index contributed by atoms with van der Waals surface area (Å²) in [6.07, 6.45) is -0.483. The highest BCUT2D eigenvalue weighted by atomic mass is 16.5. The average Bonchev–Trinajstić information content (AvgIpc) is 2.51. The molecule has 0 fully saturated rings. The van der Waals surface area contributed by atoms with Crippen LogP contribution in [0.3, 0.4) is 0 Å². The molecule has 0 spiro atoms. The SMILES string of the molecule is CCOC(=O)CC(CC(=O)CC(=O)O)c1cc(C(C)(C)C)cc(C(C)(C)C)c1. The Bertz CT molecular complexity index is 687. The quantitative estimate of drug-likeness (QED) is 0.512. The summed E-state index contributed by atoms with van der Waals surface area (Å²) in [7, 11) is 0. The van der Waals surface area contributed by atoms with Crippen LogP contribution in [0.5, 0.6) is 0 Å². The number of benzene rings is 1. The maximum atomic E-state index is 12.2. The number of carboxylic acid groups (broad SMARTS) is 1. The standard InChI is InChI=1S/C23H34O5/c1-8-28-21(27)12-16(11-19(24)14-20(25)26)15-9-17(22(2,3)4)13-18(10-15)23(5,6)7/h9-10,13,16H,8,11-12,14H2,1-7H3,(H,25,26). The van der Waals surface area contributed by atoms with E-state index in [4.69, 9.17) is 9.84 Å². The molecule has 1 N–H and O–H groups in total. The fraction of sp³-hybridized carbons (Fsp3) is 0.609. The predicted molar refractivity (Wildman–Crippen MR) is 110 cm³/mol. The normalized spacial score (nSPS) is 13.1. The Balaban J connectivity index is 3.41. The molecule has 1 atom stereocenters. The van der Waals surface area contributed by atoms with Gasteiger partial charge >= 0.3 is 11.9 Å². The van der Waals surface area contributed by atoms with Gasteiger partial charge in [-0.2, -0.15) is 0 Å². The molecular weight excluding hydrogens is 356 g/mol. The highest BCUT2D eigenvalue weighted by molar-refractivity contribution is 5.95. The summed E-state index contributed by atoms with van der Waals surface area (Å²) in [4.78, 5) is 35.3. The van der Waals surface area contributed by atoms with E-state index in [2.05, 4.69) is 47.6 Å². The second-order valence-corrected chi connectivity index (χ2v) is 9.36. The fourth-order valence-corrected chi connectivity index (χ4v) is 3.00. The Morgan fingerprint density at radius 2 is 1.43 bits per heavy atom. The Hall–Kier alpha value is -2.17. The zero-order chi connectivity index (χ0) is 21.7. The van der Waals surface area contributed by atoms with Crippen molar-refractivity contribution in [3.8, 4) is 0 Å². The minimum atomic E-state index is -1.15. The van der Waals surface area contributed by atoms with Gasteiger partial charge in [0.2, 0.25) is 0 Å². The number of carbonyl (C=O) groups is 3. The summed E-state index contributed by atoms with van der Waals surface area (Å²) in [6, 6.07) is 6.24. The van der Waals surface area contributed by atoms with Crippen molar-refractivity contribution in [1.82, 2.24) is 0 Å². The van der Waals surface area contributed by atoms with Crippen molar-refractivity contribution in [2.75, 3.05) is 6.61 Å². The van der Waals surface area contributed by atoms with Crippen molar-refractivity contribution in [3.63, 3.8) is 0 Å². The zero-order valence-corrected chi connectivity index (χ0v) is 18.2. The number of hydrogen-bond acceptors (Lipinski definition) is 4. The third-order valence-corrected chi connectivity index (χ3v) is 4.70. The van der Waals surface area contributed by atoms with Gasteiger partial charge in [0.1, 0.15) is 12.2 Å². The number of esters is 1. The molecule has 28 heavy (non-hydrogen) atoms. The molecule has 156 valence electrons. The van der Waals surface area contributed by atoms with Gasteiger partial charge in [-0.3, -0.25) is 14.4 Å². The van der Waals surface area contributed by atoms with Gasteiger partial charge in [0, 0.05) is 12.3 Å². The summed E-state index contributed by atoms with van der Waals surface area (Å²) in [5.74, 6) is -2.33. The number of Topliss-reactive ketones (excluding diaryl/α,β-unsaturated/α-hetero) is 1. The highest BCUT2D eigenvalue weighted by Gasteiger charge is 2.26. The van der Waals surface area contributed by atoms with Crippen LogP contribution in [0.4, 0.5) is 0 Å². The van der Waals surface area contributed by atoms with Gasteiger partial charge in [-0.05, 0) is 34.4 Å². The van der Waals surface area contributed by atoms with Gasteiger partial charge in [-0.1, -0.05) is 59.7 Å². The highest BCUT2D eigenvalue weighted by Crippen LogP contribution is 2.35. The smallest absolute Gasteiger partial charge is 0.310 e. The molecule has 1 aromatic rings. The number of rotatable bonds is 8. The van der Waals surface area contributed by atoms with Gasteiger partial charge in [0.05, 0.1) is 13.0 Å². The van der Waals surface area contributed by atoms with Crippen LogP contribution in [0.25, 0.3) is 0 Å². The molecule has 0 amide bonds. The summed E-state index contributed by atoms with van der Waals surface area (Å²) in [5, 5.41) is 8.92.